The van der Waals surface area contributed by atoms with E-state index in [1.54, 1.807) is 19.2 Å². The van der Waals surface area contributed by atoms with Gasteiger partial charge in [0.25, 0.3) is 0 Å². The number of hydrogen-bond donors (Lipinski definition) is 2. The number of nitrogen functional groups attached to an aromatic ring is 1. The van der Waals surface area contributed by atoms with Crippen LogP contribution >= 0.6 is 12.4 Å². The highest BCUT2D eigenvalue weighted by Gasteiger charge is 2.28. The molecule has 2 aromatic carbocycles. The Morgan fingerprint density at radius 3 is 2.00 bits per heavy atom. The third-order valence-electron chi connectivity index (χ3n) is 5.40. The zero-order valence-corrected chi connectivity index (χ0v) is 21.8. The maximum atomic E-state index is 7.41. The van der Waals surface area contributed by atoms with Gasteiger partial charge < -0.3 is 19.9 Å². The Morgan fingerprint density at radius 1 is 0.848 bits per heavy atom. The molecule has 0 saturated heterocycles. The Hall–Kier alpha value is -2.40. The van der Waals surface area contributed by atoms with Gasteiger partial charge in [0.05, 0.1) is 20.3 Å². The summed E-state index contributed by atoms with van der Waals surface area (Å²) in [5, 5.41) is 7.41. The molecule has 3 N–H and O–H groups in total. The Kier molecular flexibility index (Phi) is 11.1. The second-order valence-electron chi connectivity index (χ2n) is 10.2. The molecule has 0 amide bonds. The van der Waals surface area contributed by atoms with Gasteiger partial charge in [0.2, 0.25) is 0 Å². The third kappa shape index (κ3) is 9.55. The molecule has 0 aliphatic heterocycles. The van der Waals surface area contributed by atoms with Gasteiger partial charge in [0.1, 0.15) is 11.6 Å². The van der Waals surface area contributed by atoms with Crippen LogP contribution in [0.5, 0.6) is 17.2 Å². The summed E-state index contributed by atoms with van der Waals surface area (Å²) in [6, 6.07) is 13.6. The van der Waals surface area contributed by atoms with Crippen LogP contribution in [0.2, 0.25) is 0 Å². The first-order valence-electron chi connectivity index (χ1n) is 11.4. The molecule has 0 spiro atoms. The smallest absolute Gasteiger partial charge is 0.161 e. The highest BCUT2D eigenvalue weighted by molar-refractivity contribution is 5.94. The molecule has 5 nitrogen and oxygen atoms in total. The lowest BCUT2D eigenvalue weighted by Gasteiger charge is -2.33. The fraction of sp³-hybridized carbons (Fsp3) is 0.519. The number of methoxy groups -OCH3 is 1. The molecule has 0 radical (unpaired) electrons. The molecule has 0 atom stereocenters. The third-order valence-corrected chi connectivity index (χ3v) is 5.40. The highest BCUT2D eigenvalue weighted by atomic mass is 35.5. The number of nitrogens with one attached hydrogen (secondary N) is 1. The predicted molar refractivity (Wildman–Crippen MR) is 140 cm³/mol. The average molecular weight is 477 g/mol. The van der Waals surface area contributed by atoms with E-state index in [2.05, 4.69) is 46.8 Å². The van der Waals surface area contributed by atoms with Crippen molar-refractivity contribution in [2.75, 3.05) is 20.3 Å². The lowest BCUT2D eigenvalue weighted by molar-refractivity contribution is 0.267. The van der Waals surface area contributed by atoms with Gasteiger partial charge in [0.15, 0.2) is 11.5 Å². The van der Waals surface area contributed by atoms with E-state index in [4.69, 9.17) is 25.4 Å². The van der Waals surface area contributed by atoms with Crippen molar-refractivity contribution in [1.82, 2.24) is 0 Å². The Morgan fingerprint density at radius 2 is 1.45 bits per heavy atom. The number of halogens is 1. The van der Waals surface area contributed by atoms with E-state index in [1.165, 1.54) is 5.56 Å². The molecule has 0 aliphatic rings. The zero-order chi connectivity index (χ0) is 23.8. The minimum Gasteiger partial charge on any atom is -0.494 e. The number of nitrogens with two attached hydrogens (primary N) is 1. The van der Waals surface area contributed by atoms with E-state index >= 15 is 0 Å². The SMILES string of the molecule is COc1cc(C(C)(C)CC(C)(C)C)ccc1OCCCCCOc1ccc(C(=N)N)cc1.Cl. The lowest BCUT2D eigenvalue weighted by Crippen LogP contribution is -2.24. The summed E-state index contributed by atoms with van der Waals surface area (Å²) in [5.41, 5.74) is 7.76. The number of benzene rings is 2. The Balaban J connectivity index is 0.00000544. The molecule has 6 heteroatoms. The van der Waals surface area contributed by atoms with E-state index in [0.29, 0.717) is 18.8 Å². The van der Waals surface area contributed by atoms with Crippen molar-refractivity contribution >= 4 is 18.2 Å². The monoisotopic (exact) mass is 476 g/mol. The number of rotatable bonds is 12. The minimum atomic E-state index is 0. The molecule has 33 heavy (non-hydrogen) atoms. The van der Waals surface area contributed by atoms with E-state index in [0.717, 1.165) is 42.9 Å². The van der Waals surface area contributed by atoms with Crippen LogP contribution in [-0.2, 0) is 5.41 Å². The fourth-order valence-corrected chi connectivity index (χ4v) is 4.12. The molecule has 0 bridgehead atoms. The fourth-order valence-electron chi connectivity index (χ4n) is 4.12. The number of hydrogen-bond acceptors (Lipinski definition) is 4. The van der Waals surface area contributed by atoms with Gasteiger partial charge in [-0.05, 0) is 78.5 Å². The van der Waals surface area contributed by atoms with Crippen LogP contribution in [0.4, 0.5) is 0 Å². The van der Waals surface area contributed by atoms with Crippen molar-refractivity contribution in [3.05, 3.63) is 53.6 Å². The molecule has 0 fully saturated rings. The zero-order valence-electron chi connectivity index (χ0n) is 21.0. The molecule has 0 saturated carbocycles. The van der Waals surface area contributed by atoms with Gasteiger partial charge in [-0.1, -0.05) is 40.7 Å². The average Bonchev–Trinajstić information content (AvgIpc) is 2.71. The van der Waals surface area contributed by atoms with Crippen LogP contribution in [-0.4, -0.2) is 26.2 Å². The van der Waals surface area contributed by atoms with Crippen molar-refractivity contribution in [3.63, 3.8) is 0 Å². The normalized spacial score (nSPS) is 11.5. The first-order chi connectivity index (χ1) is 15.0. The van der Waals surface area contributed by atoms with Crippen LogP contribution in [0.3, 0.4) is 0 Å². The van der Waals surface area contributed by atoms with Gasteiger partial charge in [-0.3, -0.25) is 5.41 Å². The van der Waals surface area contributed by atoms with Crippen LogP contribution < -0.4 is 19.9 Å². The van der Waals surface area contributed by atoms with Gasteiger partial charge in [-0.25, -0.2) is 0 Å². The molecule has 0 aromatic heterocycles. The van der Waals surface area contributed by atoms with Gasteiger partial charge in [-0.2, -0.15) is 0 Å². The molecular weight excluding hydrogens is 436 g/mol. The number of ether oxygens (including phenoxy) is 3. The molecule has 2 aromatic rings. The lowest BCUT2D eigenvalue weighted by atomic mass is 9.72. The van der Waals surface area contributed by atoms with Crippen molar-refractivity contribution in [2.45, 2.75) is 65.7 Å². The molecule has 0 heterocycles. The van der Waals surface area contributed by atoms with E-state index in [1.807, 2.05) is 18.2 Å². The minimum absolute atomic E-state index is 0. The molecule has 0 unspecified atom stereocenters. The first kappa shape index (κ1) is 28.6. The van der Waals surface area contributed by atoms with Crippen molar-refractivity contribution in [3.8, 4) is 17.2 Å². The Labute approximate surface area is 205 Å². The highest BCUT2D eigenvalue weighted by Crippen LogP contribution is 2.39. The van der Waals surface area contributed by atoms with Crippen molar-refractivity contribution < 1.29 is 14.2 Å². The van der Waals surface area contributed by atoms with Crippen molar-refractivity contribution in [2.24, 2.45) is 11.1 Å². The summed E-state index contributed by atoms with van der Waals surface area (Å²) in [5.74, 6) is 2.45. The summed E-state index contributed by atoms with van der Waals surface area (Å²) in [7, 11) is 1.70. The van der Waals surface area contributed by atoms with Crippen LogP contribution in [0, 0.1) is 10.8 Å². The predicted octanol–water partition coefficient (Wildman–Crippen LogP) is 6.74. The summed E-state index contributed by atoms with van der Waals surface area (Å²) in [4.78, 5) is 0. The number of amidine groups is 1. The second kappa shape index (κ2) is 12.7. The summed E-state index contributed by atoms with van der Waals surface area (Å²) in [6.45, 7) is 12.7. The van der Waals surface area contributed by atoms with E-state index in [-0.39, 0.29) is 29.1 Å². The standard InChI is InChI=1S/C27H40N2O3.ClH/c1-26(2,3)19-27(4,5)21-12-15-23(24(18-21)30-6)32-17-9-7-8-16-31-22-13-10-20(11-14-22)25(28)29;/h10-15,18H,7-9,16-17,19H2,1-6H3,(H3,28,29);1H. The maximum absolute atomic E-state index is 7.41. The van der Waals surface area contributed by atoms with Crippen LogP contribution in [0.15, 0.2) is 42.5 Å². The first-order valence-corrected chi connectivity index (χ1v) is 11.4. The van der Waals surface area contributed by atoms with Gasteiger partial charge >= 0.3 is 0 Å². The van der Waals surface area contributed by atoms with Crippen molar-refractivity contribution in [1.29, 1.82) is 5.41 Å². The quantitative estimate of drug-likeness (QED) is 0.202. The largest absolute Gasteiger partial charge is 0.494 e. The summed E-state index contributed by atoms with van der Waals surface area (Å²) < 4.78 is 17.4. The molecule has 0 aliphatic carbocycles. The molecule has 184 valence electrons. The summed E-state index contributed by atoms with van der Waals surface area (Å²) >= 11 is 0. The molecular formula is C27H41ClN2O3. The second-order valence-corrected chi connectivity index (χ2v) is 10.2. The van der Waals surface area contributed by atoms with E-state index < -0.39 is 0 Å². The van der Waals surface area contributed by atoms with E-state index in [9.17, 15) is 0 Å². The van der Waals surface area contributed by atoms with Crippen LogP contribution in [0.1, 0.15) is 71.4 Å². The maximum Gasteiger partial charge on any atom is 0.161 e. The summed E-state index contributed by atoms with van der Waals surface area (Å²) in [6.07, 6.45) is 4.01. The van der Waals surface area contributed by atoms with Gasteiger partial charge in [-0.15, -0.1) is 12.4 Å². The number of unbranched alkanes of at least 4 members (excludes halogenated alkanes) is 2. The topological polar surface area (TPSA) is 77.6 Å². The Bertz CT molecular complexity index is 874. The van der Waals surface area contributed by atoms with Gasteiger partial charge in [0, 0.05) is 5.56 Å². The molecule has 2 rings (SSSR count). The van der Waals surface area contributed by atoms with Crippen LogP contribution in [0.25, 0.3) is 0 Å².